The van der Waals surface area contributed by atoms with Crippen LogP contribution < -0.4 is 0 Å². The van der Waals surface area contributed by atoms with Crippen molar-refractivity contribution in [3.8, 4) is 0 Å². The minimum absolute atomic E-state index is 0.632. The first-order valence-corrected chi connectivity index (χ1v) is 3.28. The molecule has 0 aromatic heterocycles. The van der Waals surface area contributed by atoms with E-state index >= 15 is 0 Å². The van der Waals surface area contributed by atoms with Crippen molar-refractivity contribution in [2.75, 3.05) is 13.2 Å². The summed E-state index contributed by atoms with van der Waals surface area (Å²) in [6.45, 7) is 3.65. The predicted molar refractivity (Wildman–Crippen MR) is 37.5 cm³/mol. The molecule has 0 rings (SSSR count). The van der Waals surface area contributed by atoms with Crippen LogP contribution >= 0.6 is 0 Å². The Balaban J connectivity index is 4.33. The standard InChI is InChI=1S/C7H15FO2/c1-6(2,3)7(8,4-9)5-10/h9-10H,4-5H2,1-3H3. The van der Waals surface area contributed by atoms with Gasteiger partial charge in [-0.15, -0.1) is 0 Å². The fourth-order valence-electron chi connectivity index (χ4n) is 0.524. The van der Waals surface area contributed by atoms with Gasteiger partial charge in [0.2, 0.25) is 0 Å². The molecule has 0 atom stereocenters. The van der Waals surface area contributed by atoms with Gasteiger partial charge in [0.25, 0.3) is 0 Å². The Morgan fingerprint density at radius 3 is 1.40 bits per heavy atom. The monoisotopic (exact) mass is 150 g/mol. The Bertz CT molecular complexity index is 103. The summed E-state index contributed by atoms with van der Waals surface area (Å²) in [5.41, 5.74) is -2.58. The smallest absolute Gasteiger partial charge is 0.161 e. The molecule has 0 aromatic rings. The van der Waals surface area contributed by atoms with Crippen LogP contribution in [0.15, 0.2) is 0 Å². The van der Waals surface area contributed by atoms with E-state index < -0.39 is 24.3 Å². The van der Waals surface area contributed by atoms with Gasteiger partial charge in [-0.1, -0.05) is 20.8 Å². The Labute approximate surface area is 60.7 Å². The summed E-state index contributed by atoms with van der Waals surface area (Å²) in [4.78, 5) is 0. The topological polar surface area (TPSA) is 40.5 Å². The molecule has 2 nitrogen and oxygen atoms in total. The molecule has 0 saturated carbocycles. The van der Waals surface area contributed by atoms with Crippen molar-refractivity contribution in [3.63, 3.8) is 0 Å². The van der Waals surface area contributed by atoms with Gasteiger partial charge in [0.05, 0.1) is 13.2 Å². The third-order valence-electron chi connectivity index (χ3n) is 1.85. The SMILES string of the molecule is CC(C)(C)C(F)(CO)CO. The quantitative estimate of drug-likeness (QED) is 0.609. The maximum absolute atomic E-state index is 13.3. The summed E-state index contributed by atoms with van der Waals surface area (Å²) in [6.07, 6.45) is 0. The first-order chi connectivity index (χ1) is 4.37. The largest absolute Gasteiger partial charge is 0.393 e. The predicted octanol–water partition coefficient (Wildman–Crippen LogP) is 0.725. The second kappa shape index (κ2) is 2.84. The van der Waals surface area contributed by atoms with Gasteiger partial charge in [0.1, 0.15) is 0 Å². The number of rotatable bonds is 2. The van der Waals surface area contributed by atoms with E-state index in [1.165, 1.54) is 0 Å². The summed E-state index contributed by atoms with van der Waals surface area (Å²) in [7, 11) is 0. The van der Waals surface area contributed by atoms with Gasteiger partial charge in [-0.2, -0.15) is 0 Å². The van der Waals surface area contributed by atoms with Crippen LogP contribution in [0.5, 0.6) is 0 Å². The van der Waals surface area contributed by atoms with Crippen LogP contribution in [0.3, 0.4) is 0 Å². The van der Waals surface area contributed by atoms with Crippen LogP contribution in [-0.4, -0.2) is 29.1 Å². The van der Waals surface area contributed by atoms with Crippen LogP contribution in [0.25, 0.3) is 0 Å². The Kier molecular flexibility index (Phi) is 2.80. The normalized spacial score (nSPS) is 13.8. The van der Waals surface area contributed by atoms with Crippen molar-refractivity contribution in [2.45, 2.75) is 26.4 Å². The molecule has 0 radical (unpaired) electrons. The van der Waals surface area contributed by atoms with Gasteiger partial charge in [0.15, 0.2) is 5.67 Å². The second-order valence-electron chi connectivity index (χ2n) is 3.53. The molecule has 0 heterocycles. The fourth-order valence-corrected chi connectivity index (χ4v) is 0.524. The van der Waals surface area contributed by atoms with Gasteiger partial charge >= 0.3 is 0 Å². The Morgan fingerprint density at radius 1 is 1.10 bits per heavy atom. The number of hydrogen-bond donors (Lipinski definition) is 2. The molecule has 0 bridgehead atoms. The van der Waals surface area contributed by atoms with Gasteiger partial charge < -0.3 is 10.2 Å². The number of alkyl halides is 1. The molecule has 10 heavy (non-hydrogen) atoms. The van der Waals surface area contributed by atoms with E-state index in [0.717, 1.165) is 0 Å². The van der Waals surface area contributed by atoms with Crippen LogP contribution in [0, 0.1) is 5.41 Å². The van der Waals surface area contributed by atoms with Crippen LogP contribution in [0.1, 0.15) is 20.8 Å². The summed E-state index contributed by atoms with van der Waals surface area (Å²) >= 11 is 0. The summed E-state index contributed by atoms with van der Waals surface area (Å²) in [5.74, 6) is 0. The number of aliphatic hydroxyl groups is 2. The molecule has 0 aliphatic rings. The average Bonchev–Trinajstić information content (AvgIpc) is 1.84. The van der Waals surface area contributed by atoms with E-state index in [-0.39, 0.29) is 0 Å². The van der Waals surface area contributed by atoms with E-state index in [2.05, 4.69) is 0 Å². The number of aliphatic hydroxyl groups excluding tert-OH is 2. The second-order valence-corrected chi connectivity index (χ2v) is 3.53. The molecule has 0 unspecified atom stereocenters. The van der Waals surface area contributed by atoms with E-state index in [0.29, 0.717) is 0 Å². The highest BCUT2D eigenvalue weighted by Gasteiger charge is 2.41. The zero-order valence-electron chi connectivity index (χ0n) is 6.69. The molecule has 2 N–H and O–H groups in total. The van der Waals surface area contributed by atoms with Crippen molar-refractivity contribution >= 4 is 0 Å². The highest BCUT2D eigenvalue weighted by molar-refractivity contribution is 4.89. The van der Waals surface area contributed by atoms with Crippen molar-refractivity contribution in [1.29, 1.82) is 0 Å². The molecule has 0 aliphatic carbocycles. The van der Waals surface area contributed by atoms with E-state index in [1.807, 2.05) is 0 Å². The molecular weight excluding hydrogens is 135 g/mol. The van der Waals surface area contributed by atoms with E-state index in [9.17, 15) is 4.39 Å². The zero-order chi connectivity index (χ0) is 8.41. The lowest BCUT2D eigenvalue weighted by atomic mass is 9.79. The maximum atomic E-state index is 13.3. The molecule has 0 aromatic carbocycles. The molecule has 62 valence electrons. The molecule has 3 heteroatoms. The van der Waals surface area contributed by atoms with Gasteiger partial charge in [-0.05, 0) is 0 Å². The summed E-state index contributed by atoms with van der Waals surface area (Å²) in [6, 6.07) is 0. The van der Waals surface area contributed by atoms with Gasteiger partial charge in [-0.3, -0.25) is 0 Å². The minimum Gasteiger partial charge on any atom is -0.393 e. The summed E-state index contributed by atoms with van der Waals surface area (Å²) in [5, 5.41) is 17.2. The summed E-state index contributed by atoms with van der Waals surface area (Å²) < 4.78 is 13.3. The van der Waals surface area contributed by atoms with Gasteiger partial charge in [0, 0.05) is 5.41 Å². The van der Waals surface area contributed by atoms with Gasteiger partial charge in [-0.25, -0.2) is 4.39 Å². The maximum Gasteiger partial charge on any atom is 0.161 e. The highest BCUT2D eigenvalue weighted by atomic mass is 19.1. The molecule has 0 spiro atoms. The van der Waals surface area contributed by atoms with Crippen LogP contribution in [0.2, 0.25) is 0 Å². The first-order valence-electron chi connectivity index (χ1n) is 3.28. The third-order valence-corrected chi connectivity index (χ3v) is 1.85. The van der Waals surface area contributed by atoms with Crippen molar-refractivity contribution in [3.05, 3.63) is 0 Å². The average molecular weight is 150 g/mol. The molecule has 0 amide bonds. The zero-order valence-corrected chi connectivity index (χ0v) is 6.69. The van der Waals surface area contributed by atoms with Crippen molar-refractivity contribution < 1.29 is 14.6 Å². The van der Waals surface area contributed by atoms with Crippen molar-refractivity contribution in [1.82, 2.24) is 0 Å². The molecule has 0 fully saturated rings. The molecule has 0 saturated heterocycles. The highest BCUT2D eigenvalue weighted by Crippen LogP contribution is 2.32. The lowest BCUT2D eigenvalue weighted by molar-refractivity contribution is -0.0615. The third kappa shape index (κ3) is 1.67. The van der Waals surface area contributed by atoms with Crippen molar-refractivity contribution in [2.24, 2.45) is 5.41 Å². The first kappa shape index (κ1) is 9.85. The number of halogens is 1. The fraction of sp³-hybridized carbons (Fsp3) is 1.00. The molecular formula is C7H15FO2. The lowest BCUT2D eigenvalue weighted by Gasteiger charge is -2.34. The number of hydrogen-bond acceptors (Lipinski definition) is 2. The molecule has 0 aliphatic heterocycles. The minimum atomic E-state index is -1.87. The van der Waals surface area contributed by atoms with E-state index in [4.69, 9.17) is 10.2 Å². The van der Waals surface area contributed by atoms with Crippen LogP contribution in [0.4, 0.5) is 4.39 Å². The lowest BCUT2D eigenvalue weighted by Crippen LogP contribution is -2.45. The van der Waals surface area contributed by atoms with Crippen LogP contribution in [-0.2, 0) is 0 Å². The Morgan fingerprint density at radius 2 is 1.40 bits per heavy atom. The Hall–Kier alpha value is -0.150. The van der Waals surface area contributed by atoms with E-state index in [1.54, 1.807) is 20.8 Å².